The van der Waals surface area contributed by atoms with Crippen molar-refractivity contribution in [3.63, 3.8) is 0 Å². The van der Waals surface area contributed by atoms with Gasteiger partial charge in [0.1, 0.15) is 6.61 Å². The molecule has 0 radical (unpaired) electrons. The fourth-order valence-corrected chi connectivity index (χ4v) is 2.11. The summed E-state index contributed by atoms with van der Waals surface area (Å²) >= 11 is 0. The van der Waals surface area contributed by atoms with E-state index < -0.39 is 12.5 Å². The third-order valence-corrected chi connectivity index (χ3v) is 3.49. The van der Waals surface area contributed by atoms with Gasteiger partial charge in [-0.2, -0.15) is 0 Å². The third kappa shape index (κ3) is 4.07. The maximum atomic E-state index is 11.2. The molecule has 21 heavy (non-hydrogen) atoms. The summed E-state index contributed by atoms with van der Waals surface area (Å²) in [5, 5.41) is 14.7. The van der Waals surface area contributed by atoms with Gasteiger partial charge in [-0.1, -0.05) is 24.3 Å². The molecule has 0 aliphatic carbocycles. The number of benzene rings is 2. The van der Waals surface area contributed by atoms with Gasteiger partial charge in [0.2, 0.25) is 5.91 Å². The van der Waals surface area contributed by atoms with Crippen LogP contribution in [0.4, 0.5) is 11.4 Å². The number of rotatable bonds is 5. The molecule has 0 aliphatic rings. The van der Waals surface area contributed by atoms with Gasteiger partial charge >= 0.3 is 0 Å². The van der Waals surface area contributed by atoms with E-state index in [1.165, 1.54) is 16.7 Å². The zero-order valence-corrected chi connectivity index (χ0v) is 12.3. The van der Waals surface area contributed by atoms with Crippen LogP contribution in [0.2, 0.25) is 0 Å². The van der Waals surface area contributed by atoms with Crippen LogP contribution < -0.4 is 10.6 Å². The van der Waals surface area contributed by atoms with Crippen LogP contribution in [0, 0.1) is 13.8 Å². The van der Waals surface area contributed by atoms with Crippen molar-refractivity contribution in [3.05, 3.63) is 59.2 Å². The van der Waals surface area contributed by atoms with Crippen molar-refractivity contribution in [1.29, 1.82) is 0 Å². The van der Waals surface area contributed by atoms with Gasteiger partial charge in [-0.25, -0.2) is 0 Å². The lowest BCUT2D eigenvalue weighted by atomic mass is 10.0. The Balaban J connectivity index is 2.05. The first kappa shape index (κ1) is 15.1. The number of hydrogen-bond acceptors (Lipinski definition) is 3. The molecule has 4 nitrogen and oxygen atoms in total. The highest BCUT2D eigenvalue weighted by molar-refractivity contribution is 5.91. The van der Waals surface area contributed by atoms with Crippen LogP contribution in [0.3, 0.4) is 0 Å². The van der Waals surface area contributed by atoms with Gasteiger partial charge in [0, 0.05) is 17.9 Å². The van der Waals surface area contributed by atoms with E-state index in [-0.39, 0.29) is 0 Å². The maximum Gasteiger partial charge on any atom is 0.250 e. The number of carbonyl (C=O) groups is 1. The highest BCUT2D eigenvalue weighted by Gasteiger charge is 2.03. The Morgan fingerprint density at radius 2 is 1.81 bits per heavy atom. The third-order valence-electron chi connectivity index (χ3n) is 3.49. The normalized spacial score (nSPS) is 10.2. The Bertz CT molecular complexity index is 638. The van der Waals surface area contributed by atoms with E-state index in [1.807, 2.05) is 18.2 Å². The molecular formula is C17H20N2O2. The first-order valence-corrected chi connectivity index (χ1v) is 6.90. The number of carbonyl (C=O) groups excluding carboxylic acids is 1. The van der Waals surface area contributed by atoms with Crippen LogP contribution in [0.25, 0.3) is 0 Å². The molecule has 1 amide bonds. The number of hydrogen-bond donors (Lipinski definition) is 3. The predicted octanol–water partition coefficient (Wildman–Crippen LogP) is 2.85. The van der Waals surface area contributed by atoms with Gasteiger partial charge in [0.05, 0.1) is 0 Å². The molecule has 0 aliphatic heterocycles. The summed E-state index contributed by atoms with van der Waals surface area (Å²) in [4.78, 5) is 11.2. The molecule has 0 fully saturated rings. The second-order valence-electron chi connectivity index (χ2n) is 5.00. The van der Waals surface area contributed by atoms with Crippen LogP contribution in [0.1, 0.15) is 16.7 Å². The molecule has 3 N–H and O–H groups in total. The smallest absolute Gasteiger partial charge is 0.250 e. The summed E-state index contributed by atoms with van der Waals surface area (Å²) in [5.41, 5.74) is 5.40. The number of amides is 1. The van der Waals surface area contributed by atoms with Crippen molar-refractivity contribution in [3.8, 4) is 0 Å². The van der Waals surface area contributed by atoms with Crippen molar-refractivity contribution < 1.29 is 9.90 Å². The van der Waals surface area contributed by atoms with E-state index in [0.717, 1.165) is 12.2 Å². The van der Waals surface area contributed by atoms with Gasteiger partial charge in [0.25, 0.3) is 0 Å². The molecule has 2 rings (SSSR count). The Morgan fingerprint density at radius 1 is 1.10 bits per heavy atom. The summed E-state index contributed by atoms with van der Waals surface area (Å²) in [6.45, 7) is 4.43. The second kappa shape index (κ2) is 6.90. The van der Waals surface area contributed by atoms with Crippen LogP contribution >= 0.6 is 0 Å². The number of nitrogens with one attached hydrogen (secondary N) is 2. The molecule has 0 aromatic heterocycles. The van der Waals surface area contributed by atoms with Gasteiger partial charge in [0.15, 0.2) is 0 Å². The van der Waals surface area contributed by atoms with Gasteiger partial charge in [-0.15, -0.1) is 0 Å². The molecule has 0 heterocycles. The summed E-state index contributed by atoms with van der Waals surface area (Å²) in [6.07, 6.45) is 0. The van der Waals surface area contributed by atoms with E-state index in [1.54, 1.807) is 6.07 Å². The van der Waals surface area contributed by atoms with Crippen LogP contribution in [-0.2, 0) is 11.3 Å². The van der Waals surface area contributed by atoms with Gasteiger partial charge in [-0.3, -0.25) is 4.79 Å². The molecule has 4 heteroatoms. The Morgan fingerprint density at radius 3 is 2.57 bits per heavy atom. The minimum atomic E-state index is -0.514. The molecule has 2 aromatic carbocycles. The monoisotopic (exact) mass is 284 g/mol. The summed E-state index contributed by atoms with van der Waals surface area (Å²) < 4.78 is 0. The van der Waals surface area contributed by atoms with Crippen LogP contribution in [-0.4, -0.2) is 17.6 Å². The summed E-state index contributed by atoms with van der Waals surface area (Å²) in [6, 6.07) is 13.7. The summed E-state index contributed by atoms with van der Waals surface area (Å²) in [5.74, 6) is -0.415. The quantitative estimate of drug-likeness (QED) is 0.791. The van der Waals surface area contributed by atoms with E-state index in [9.17, 15) is 4.79 Å². The highest BCUT2D eigenvalue weighted by Crippen LogP contribution is 2.18. The molecular weight excluding hydrogens is 264 g/mol. The Kier molecular flexibility index (Phi) is 4.95. The van der Waals surface area contributed by atoms with Crippen LogP contribution in [0.15, 0.2) is 42.5 Å². The summed E-state index contributed by atoms with van der Waals surface area (Å²) in [7, 11) is 0. The average molecular weight is 284 g/mol. The minimum absolute atomic E-state index is 0.415. The molecule has 0 bridgehead atoms. The van der Waals surface area contributed by atoms with Gasteiger partial charge < -0.3 is 15.7 Å². The SMILES string of the molecule is Cc1cccc(CNc2cccc(NC(=O)CO)c2)c1C. The fourth-order valence-electron chi connectivity index (χ4n) is 2.11. The topological polar surface area (TPSA) is 61.4 Å². The number of anilines is 2. The zero-order valence-electron chi connectivity index (χ0n) is 12.3. The van der Waals surface area contributed by atoms with Crippen LogP contribution in [0.5, 0.6) is 0 Å². The number of aryl methyl sites for hydroxylation is 1. The molecule has 2 aromatic rings. The fraction of sp³-hybridized carbons (Fsp3) is 0.235. The number of aliphatic hydroxyl groups excluding tert-OH is 1. The molecule has 0 spiro atoms. The van der Waals surface area contributed by atoms with Crippen molar-refractivity contribution >= 4 is 17.3 Å². The van der Waals surface area contributed by atoms with E-state index in [0.29, 0.717) is 5.69 Å². The minimum Gasteiger partial charge on any atom is -0.387 e. The van der Waals surface area contributed by atoms with Crippen molar-refractivity contribution in [2.24, 2.45) is 0 Å². The highest BCUT2D eigenvalue weighted by atomic mass is 16.3. The first-order chi connectivity index (χ1) is 10.1. The van der Waals surface area contributed by atoms with E-state index in [4.69, 9.17) is 5.11 Å². The van der Waals surface area contributed by atoms with Crippen molar-refractivity contribution in [2.45, 2.75) is 20.4 Å². The van der Waals surface area contributed by atoms with Crippen molar-refractivity contribution in [1.82, 2.24) is 0 Å². The molecule has 0 unspecified atom stereocenters. The Labute approximate surface area is 124 Å². The lowest BCUT2D eigenvalue weighted by Crippen LogP contribution is -2.15. The molecule has 110 valence electrons. The van der Waals surface area contributed by atoms with Crippen molar-refractivity contribution in [2.75, 3.05) is 17.2 Å². The zero-order chi connectivity index (χ0) is 15.2. The van der Waals surface area contributed by atoms with E-state index >= 15 is 0 Å². The number of aliphatic hydroxyl groups is 1. The Hall–Kier alpha value is -2.33. The largest absolute Gasteiger partial charge is 0.387 e. The maximum absolute atomic E-state index is 11.2. The first-order valence-electron chi connectivity index (χ1n) is 6.90. The average Bonchev–Trinajstić information content (AvgIpc) is 2.49. The second-order valence-corrected chi connectivity index (χ2v) is 5.00. The predicted molar refractivity (Wildman–Crippen MR) is 85.4 cm³/mol. The molecule has 0 saturated heterocycles. The van der Waals surface area contributed by atoms with E-state index in [2.05, 4.69) is 42.7 Å². The molecule has 0 atom stereocenters. The molecule has 0 saturated carbocycles. The lowest BCUT2D eigenvalue weighted by molar-refractivity contribution is -0.118. The standard InChI is InChI=1S/C17H20N2O2/c1-12-5-3-6-14(13(12)2)10-18-15-7-4-8-16(9-15)19-17(21)11-20/h3-9,18,20H,10-11H2,1-2H3,(H,19,21). The lowest BCUT2D eigenvalue weighted by Gasteiger charge is -2.12. The van der Waals surface area contributed by atoms with Gasteiger partial charge in [-0.05, 0) is 48.7 Å².